The average Bonchev–Trinajstić information content (AvgIpc) is 2.99. The summed E-state index contributed by atoms with van der Waals surface area (Å²) < 4.78 is 0. The van der Waals surface area contributed by atoms with Crippen LogP contribution in [0.2, 0.25) is 0 Å². The second kappa shape index (κ2) is 3.65. The van der Waals surface area contributed by atoms with Crippen LogP contribution < -0.4 is 0 Å². The van der Waals surface area contributed by atoms with Crippen LogP contribution in [0.5, 0.6) is 0 Å². The van der Waals surface area contributed by atoms with Gasteiger partial charge in [-0.2, -0.15) is 0 Å². The van der Waals surface area contributed by atoms with Gasteiger partial charge in [0.25, 0.3) is 0 Å². The molecular formula is C12H15NO2. The number of carboxylic acid groups (broad SMARTS) is 1. The lowest BCUT2D eigenvalue weighted by Crippen LogP contribution is -2.07. The second-order valence-electron chi connectivity index (χ2n) is 4.44. The van der Waals surface area contributed by atoms with E-state index in [0.29, 0.717) is 17.2 Å². The molecule has 1 fully saturated rings. The number of carbonyl (C=O) groups is 1. The van der Waals surface area contributed by atoms with Crippen molar-refractivity contribution >= 4 is 5.97 Å². The van der Waals surface area contributed by atoms with Crippen molar-refractivity contribution in [2.24, 2.45) is 0 Å². The van der Waals surface area contributed by atoms with Gasteiger partial charge >= 0.3 is 5.97 Å². The average molecular weight is 205 g/mol. The Labute approximate surface area is 89.2 Å². The van der Waals surface area contributed by atoms with Gasteiger partial charge in [0.1, 0.15) is 0 Å². The van der Waals surface area contributed by atoms with Crippen LogP contribution in [-0.2, 0) is 0 Å². The van der Waals surface area contributed by atoms with Gasteiger partial charge in [0.15, 0.2) is 0 Å². The number of aromatic nitrogens is 1. The fourth-order valence-electron chi connectivity index (χ4n) is 1.76. The zero-order chi connectivity index (χ0) is 11.0. The number of hydrogen-bond donors (Lipinski definition) is 1. The number of carboxylic acids is 1. The molecule has 0 unspecified atom stereocenters. The first kappa shape index (κ1) is 10.1. The minimum absolute atomic E-state index is 0.157. The minimum atomic E-state index is -0.867. The van der Waals surface area contributed by atoms with Crippen LogP contribution >= 0.6 is 0 Å². The smallest absolute Gasteiger partial charge is 0.337 e. The molecule has 1 heterocycles. The van der Waals surface area contributed by atoms with Gasteiger partial charge in [-0.05, 0) is 36.3 Å². The largest absolute Gasteiger partial charge is 0.478 e. The molecule has 1 aromatic rings. The fourth-order valence-corrected chi connectivity index (χ4v) is 1.76. The Kier molecular flexibility index (Phi) is 2.47. The van der Waals surface area contributed by atoms with E-state index < -0.39 is 5.97 Å². The van der Waals surface area contributed by atoms with Crippen molar-refractivity contribution in [3.05, 3.63) is 29.1 Å². The molecular weight excluding hydrogens is 190 g/mol. The quantitative estimate of drug-likeness (QED) is 0.825. The van der Waals surface area contributed by atoms with Crippen LogP contribution in [0.3, 0.4) is 0 Å². The first-order valence-corrected chi connectivity index (χ1v) is 5.32. The van der Waals surface area contributed by atoms with Gasteiger partial charge < -0.3 is 5.11 Å². The molecule has 0 amide bonds. The molecule has 1 N–H and O–H groups in total. The molecule has 3 nitrogen and oxygen atoms in total. The van der Waals surface area contributed by atoms with Crippen molar-refractivity contribution in [2.45, 2.75) is 38.5 Å². The SMILES string of the molecule is CC(C)c1ncc(C2CC2)cc1C(=O)O. The lowest BCUT2D eigenvalue weighted by atomic mass is 10.0. The van der Waals surface area contributed by atoms with E-state index in [9.17, 15) is 4.79 Å². The van der Waals surface area contributed by atoms with Crippen LogP contribution in [-0.4, -0.2) is 16.1 Å². The zero-order valence-corrected chi connectivity index (χ0v) is 9.03. The number of rotatable bonds is 3. The van der Waals surface area contributed by atoms with E-state index in [1.54, 1.807) is 6.07 Å². The normalized spacial score (nSPS) is 15.7. The van der Waals surface area contributed by atoms with Crippen molar-refractivity contribution < 1.29 is 9.90 Å². The Morgan fingerprint density at radius 2 is 2.20 bits per heavy atom. The predicted octanol–water partition coefficient (Wildman–Crippen LogP) is 2.78. The lowest BCUT2D eigenvalue weighted by Gasteiger charge is -2.09. The second-order valence-corrected chi connectivity index (χ2v) is 4.44. The van der Waals surface area contributed by atoms with E-state index in [2.05, 4.69) is 4.98 Å². The summed E-state index contributed by atoms with van der Waals surface area (Å²) in [5.41, 5.74) is 2.14. The van der Waals surface area contributed by atoms with Crippen LogP contribution in [0.25, 0.3) is 0 Å². The van der Waals surface area contributed by atoms with Gasteiger partial charge in [0.05, 0.1) is 11.3 Å². The first-order chi connectivity index (χ1) is 7.09. The lowest BCUT2D eigenvalue weighted by molar-refractivity contribution is 0.0694. The third-order valence-corrected chi connectivity index (χ3v) is 2.77. The van der Waals surface area contributed by atoms with E-state index in [4.69, 9.17) is 5.11 Å². The van der Waals surface area contributed by atoms with Crippen molar-refractivity contribution in [3.8, 4) is 0 Å². The molecule has 15 heavy (non-hydrogen) atoms. The molecule has 1 aliphatic rings. The molecule has 0 radical (unpaired) electrons. The zero-order valence-electron chi connectivity index (χ0n) is 9.03. The fraction of sp³-hybridized carbons (Fsp3) is 0.500. The molecule has 0 aliphatic heterocycles. The maximum atomic E-state index is 11.1. The van der Waals surface area contributed by atoms with Gasteiger partial charge in [-0.1, -0.05) is 13.8 Å². The molecule has 2 rings (SSSR count). The van der Waals surface area contributed by atoms with Gasteiger partial charge in [-0.15, -0.1) is 0 Å². The molecule has 0 saturated heterocycles. The van der Waals surface area contributed by atoms with E-state index in [1.807, 2.05) is 20.0 Å². The highest BCUT2D eigenvalue weighted by atomic mass is 16.4. The maximum absolute atomic E-state index is 11.1. The Hall–Kier alpha value is -1.38. The number of hydrogen-bond acceptors (Lipinski definition) is 2. The Balaban J connectivity index is 2.43. The highest BCUT2D eigenvalue weighted by molar-refractivity contribution is 5.89. The molecule has 1 aliphatic carbocycles. The summed E-state index contributed by atoms with van der Waals surface area (Å²) in [6, 6.07) is 1.79. The van der Waals surface area contributed by atoms with Gasteiger partial charge in [-0.3, -0.25) is 4.98 Å². The summed E-state index contributed by atoms with van der Waals surface area (Å²) in [6.07, 6.45) is 4.17. The van der Waals surface area contributed by atoms with E-state index >= 15 is 0 Å². The molecule has 0 atom stereocenters. The Bertz CT molecular complexity index is 395. The third kappa shape index (κ3) is 2.01. The van der Waals surface area contributed by atoms with Crippen LogP contribution in [0.1, 0.15) is 60.1 Å². The van der Waals surface area contributed by atoms with Crippen molar-refractivity contribution in [2.75, 3.05) is 0 Å². The van der Waals surface area contributed by atoms with Gasteiger partial charge in [0.2, 0.25) is 0 Å². The minimum Gasteiger partial charge on any atom is -0.478 e. The van der Waals surface area contributed by atoms with Crippen molar-refractivity contribution in [1.29, 1.82) is 0 Å². The van der Waals surface area contributed by atoms with E-state index in [1.165, 1.54) is 12.8 Å². The topological polar surface area (TPSA) is 50.2 Å². The Morgan fingerprint density at radius 1 is 1.53 bits per heavy atom. The maximum Gasteiger partial charge on any atom is 0.337 e. The molecule has 80 valence electrons. The Morgan fingerprint density at radius 3 is 2.67 bits per heavy atom. The molecule has 0 bridgehead atoms. The van der Waals surface area contributed by atoms with Gasteiger partial charge in [0, 0.05) is 6.20 Å². The van der Waals surface area contributed by atoms with Crippen molar-refractivity contribution in [1.82, 2.24) is 4.98 Å². The summed E-state index contributed by atoms with van der Waals surface area (Å²) >= 11 is 0. The van der Waals surface area contributed by atoms with E-state index in [0.717, 1.165) is 5.56 Å². The summed E-state index contributed by atoms with van der Waals surface area (Å²) in [5, 5.41) is 9.10. The predicted molar refractivity (Wildman–Crippen MR) is 57.3 cm³/mol. The summed E-state index contributed by atoms with van der Waals surface area (Å²) in [4.78, 5) is 15.4. The summed E-state index contributed by atoms with van der Waals surface area (Å²) in [6.45, 7) is 3.93. The molecule has 3 heteroatoms. The highest BCUT2D eigenvalue weighted by Crippen LogP contribution is 2.40. The summed E-state index contributed by atoms with van der Waals surface area (Å²) in [7, 11) is 0. The van der Waals surface area contributed by atoms with Crippen LogP contribution in [0.15, 0.2) is 12.3 Å². The molecule has 1 saturated carbocycles. The van der Waals surface area contributed by atoms with Crippen molar-refractivity contribution in [3.63, 3.8) is 0 Å². The standard InChI is InChI=1S/C12H15NO2/c1-7(2)11-10(12(14)15)5-9(6-13-11)8-3-4-8/h5-8H,3-4H2,1-2H3,(H,14,15). The third-order valence-electron chi connectivity index (χ3n) is 2.77. The van der Waals surface area contributed by atoms with Crippen LogP contribution in [0.4, 0.5) is 0 Å². The summed E-state index contributed by atoms with van der Waals surface area (Å²) in [5.74, 6) is -0.158. The first-order valence-electron chi connectivity index (χ1n) is 5.32. The van der Waals surface area contributed by atoms with Crippen LogP contribution in [0, 0.1) is 0 Å². The number of nitrogens with zero attached hydrogens (tertiary/aromatic N) is 1. The highest BCUT2D eigenvalue weighted by Gasteiger charge is 2.26. The van der Waals surface area contributed by atoms with E-state index in [-0.39, 0.29) is 5.92 Å². The molecule has 1 aromatic heterocycles. The molecule has 0 aromatic carbocycles. The number of pyridine rings is 1. The molecule has 0 spiro atoms. The number of aromatic carboxylic acids is 1. The van der Waals surface area contributed by atoms with Gasteiger partial charge in [-0.25, -0.2) is 4.79 Å². The monoisotopic (exact) mass is 205 g/mol.